The topological polar surface area (TPSA) is 78.8 Å². The van der Waals surface area contributed by atoms with Gasteiger partial charge in [-0.1, -0.05) is 30.4 Å². The fourth-order valence-corrected chi connectivity index (χ4v) is 2.56. The Labute approximate surface area is 141 Å². The van der Waals surface area contributed by atoms with E-state index in [1.165, 1.54) is 29.8 Å². The zero-order valence-corrected chi connectivity index (χ0v) is 13.8. The van der Waals surface area contributed by atoms with Crippen LogP contribution in [0.2, 0.25) is 0 Å². The van der Waals surface area contributed by atoms with E-state index in [-0.39, 0.29) is 11.7 Å². The molecule has 0 spiro atoms. The monoisotopic (exact) mass is 326 g/mol. The van der Waals surface area contributed by atoms with Crippen LogP contribution in [0.5, 0.6) is 0 Å². The second-order valence-corrected chi connectivity index (χ2v) is 5.95. The quantitative estimate of drug-likeness (QED) is 0.365. The molecule has 0 saturated heterocycles. The number of Topliss-reactive ketones (excluding diaryl/α,β-unsaturated/α-hetero) is 1. The van der Waals surface area contributed by atoms with Crippen LogP contribution in [0.4, 0.5) is 0 Å². The number of hydrazone groups is 1. The second-order valence-electron chi connectivity index (χ2n) is 5.95. The van der Waals surface area contributed by atoms with Gasteiger partial charge < -0.3 is 5.11 Å². The van der Waals surface area contributed by atoms with Crippen molar-refractivity contribution in [3.05, 3.63) is 59.2 Å². The van der Waals surface area contributed by atoms with Crippen molar-refractivity contribution in [2.75, 3.05) is 6.61 Å². The lowest BCUT2D eigenvalue weighted by atomic mass is 9.86. The van der Waals surface area contributed by atoms with Gasteiger partial charge in [-0.2, -0.15) is 5.10 Å². The number of allylic oxidation sites excluding steroid dienone is 3. The maximum atomic E-state index is 12.0. The average molecular weight is 326 g/mol. The van der Waals surface area contributed by atoms with Crippen LogP contribution < -0.4 is 5.43 Å². The van der Waals surface area contributed by atoms with Gasteiger partial charge in [0.2, 0.25) is 0 Å². The zero-order valence-electron chi connectivity index (χ0n) is 13.8. The molecule has 5 heteroatoms. The molecule has 2 rings (SSSR count). The van der Waals surface area contributed by atoms with Gasteiger partial charge in [-0.15, -0.1) is 0 Å². The summed E-state index contributed by atoms with van der Waals surface area (Å²) in [6.45, 7) is 5.50. The minimum Gasteiger partial charge on any atom is -0.388 e. The molecular weight excluding hydrogens is 304 g/mol. The first kappa shape index (κ1) is 17.8. The van der Waals surface area contributed by atoms with Gasteiger partial charge in [0.05, 0.1) is 6.21 Å². The predicted molar refractivity (Wildman–Crippen MR) is 94.1 cm³/mol. The number of nitrogens with zero attached hydrogens (tertiary/aromatic N) is 1. The van der Waals surface area contributed by atoms with Crippen LogP contribution in [0.1, 0.15) is 46.9 Å². The fraction of sp³-hybridized carbons (Fsp3) is 0.316. The largest absolute Gasteiger partial charge is 0.388 e. The van der Waals surface area contributed by atoms with Crippen molar-refractivity contribution in [3.8, 4) is 0 Å². The first-order valence-electron chi connectivity index (χ1n) is 7.93. The summed E-state index contributed by atoms with van der Waals surface area (Å²) >= 11 is 0. The molecule has 1 aromatic rings. The number of aliphatic hydroxyl groups is 1. The van der Waals surface area contributed by atoms with E-state index in [4.69, 9.17) is 5.11 Å². The van der Waals surface area contributed by atoms with Crippen LogP contribution in [-0.4, -0.2) is 29.6 Å². The molecule has 126 valence electrons. The van der Waals surface area contributed by atoms with Crippen molar-refractivity contribution in [1.82, 2.24) is 5.43 Å². The van der Waals surface area contributed by atoms with Crippen molar-refractivity contribution in [2.24, 2.45) is 11.0 Å². The summed E-state index contributed by atoms with van der Waals surface area (Å²) in [6, 6.07) is 6.09. The molecule has 1 aliphatic rings. The van der Waals surface area contributed by atoms with E-state index in [2.05, 4.69) is 30.1 Å². The van der Waals surface area contributed by atoms with Crippen molar-refractivity contribution in [3.63, 3.8) is 0 Å². The highest BCUT2D eigenvalue weighted by atomic mass is 16.3. The SMILES string of the molecule is C=C(C)[C@@H]1CC=C(/C=N/NC(=O)c2ccc(C(=O)CO)cc2)CC1. The van der Waals surface area contributed by atoms with Gasteiger partial charge in [-0.25, -0.2) is 5.43 Å². The molecule has 0 bridgehead atoms. The molecule has 1 aliphatic carbocycles. The van der Waals surface area contributed by atoms with Gasteiger partial charge in [0.15, 0.2) is 5.78 Å². The summed E-state index contributed by atoms with van der Waals surface area (Å²) in [6.07, 6.45) is 6.76. The van der Waals surface area contributed by atoms with Crippen molar-refractivity contribution < 1.29 is 14.7 Å². The fourth-order valence-electron chi connectivity index (χ4n) is 2.56. The van der Waals surface area contributed by atoms with Crippen molar-refractivity contribution in [1.29, 1.82) is 0 Å². The summed E-state index contributed by atoms with van der Waals surface area (Å²) in [5.41, 5.74) is 5.57. The first-order valence-corrected chi connectivity index (χ1v) is 7.93. The minimum atomic E-state index is -0.544. The first-order chi connectivity index (χ1) is 11.5. The lowest BCUT2D eigenvalue weighted by molar-refractivity contribution is 0.0901. The smallest absolute Gasteiger partial charge is 0.271 e. The Bertz CT molecular complexity index is 687. The Morgan fingerprint density at radius 3 is 2.54 bits per heavy atom. The molecular formula is C19H22N2O3. The number of carbonyl (C=O) groups is 2. The number of nitrogens with one attached hydrogen (secondary N) is 1. The summed E-state index contributed by atoms with van der Waals surface area (Å²) in [7, 11) is 0. The van der Waals surface area contributed by atoms with Crippen LogP contribution in [0.25, 0.3) is 0 Å². The third kappa shape index (κ3) is 4.73. The van der Waals surface area contributed by atoms with E-state index in [1.807, 2.05) is 0 Å². The third-order valence-corrected chi connectivity index (χ3v) is 4.15. The molecule has 0 aromatic heterocycles. The summed E-state index contributed by atoms with van der Waals surface area (Å²) in [5, 5.41) is 12.8. The third-order valence-electron chi connectivity index (χ3n) is 4.15. The van der Waals surface area contributed by atoms with Crippen LogP contribution in [0.3, 0.4) is 0 Å². The van der Waals surface area contributed by atoms with Gasteiger partial charge in [0.25, 0.3) is 5.91 Å². The Morgan fingerprint density at radius 1 is 1.33 bits per heavy atom. The highest BCUT2D eigenvalue weighted by molar-refractivity contribution is 5.99. The average Bonchev–Trinajstić information content (AvgIpc) is 2.61. The summed E-state index contributed by atoms with van der Waals surface area (Å²) in [4.78, 5) is 23.3. The van der Waals surface area contributed by atoms with E-state index < -0.39 is 6.61 Å². The van der Waals surface area contributed by atoms with E-state index >= 15 is 0 Å². The van der Waals surface area contributed by atoms with Gasteiger partial charge in [0.1, 0.15) is 6.61 Å². The van der Waals surface area contributed by atoms with Gasteiger partial charge >= 0.3 is 0 Å². The van der Waals surface area contributed by atoms with Crippen LogP contribution >= 0.6 is 0 Å². The van der Waals surface area contributed by atoms with Gasteiger partial charge in [-0.05, 0) is 49.8 Å². The number of hydrogen-bond acceptors (Lipinski definition) is 4. The number of hydrogen-bond donors (Lipinski definition) is 2. The number of ketones is 1. The normalized spacial score (nSPS) is 17.4. The molecule has 0 saturated carbocycles. The van der Waals surface area contributed by atoms with Crippen molar-refractivity contribution >= 4 is 17.9 Å². The number of benzene rings is 1. The minimum absolute atomic E-state index is 0.342. The molecule has 1 atom stereocenters. The van der Waals surface area contributed by atoms with Crippen LogP contribution in [0.15, 0.2) is 53.2 Å². The zero-order chi connectivity index (χ0) is 17.5. The number of amides is 1. The summed E-state index contributed by atoms with van der Waals surface area (Å²) < 4.78 is 0. The lowest BCUT2D eigenvalue weighted by Gasteiger charge is -2.20. The maximum absolute atomic E-state index is 12.0. The molecule has 0 fully saturated rings. The van der Waals surface area contributed by atoms with E-state index in [0.29, 0.717) is 17.0 Å². The van der Waals surface area contributed by atoms with Gasteiger partial charge in [-0.3, -0.25) is 9.59 Å². The number of rotatable bonds is 6. The molecule has 0 aliphatic heterocycles. The van der Waals surface area contributed by atoms with Crippen LogP contribution in [0, 0.1) is 5.92 Å². The Hall–Kier alpha value is -2.53. The second kappa shape index (κ2) is 8.36. The molecule has 1 aromatic carbocycles. The molecule has 0 heterocycles. The van der Waals surface area contributed by atoms with Gasteiger partial charge in [0, 0.05) is 11.1 Å². The predicted octanol–water partition coefficient (Wildman–Crippen LogP) is 2.88. The highest BCUT2D eigenvalue weighted by Crippen LogP contribution is 2.27. The lowest BCUT2D eigenvalue weighted by Crippen LogP contribution is -2.18. The molecule has 0 radical (unpaired) electrons. The molecule has 0 unspecified atom stereocenters. The summed E-state index contributed by atoms with van der Waals surface area (Å²) in [5.74, 6) is -0.181. The molecule has 5 nitrogen and oxygen atoms in total. The number of carbonyl (C=O) groups excluding carboxylic acids is 2. The molecule has 24 heavy (non-hydrogen) atoms. The Balaban J connectivity index is 1.89. The van der Waals surface area contributed by atoms with E-state index in [0.717, 1.165) is 24.8 Å². The van der Waals surface area contributed by atoms with Crippen molar-refractivity contribution in [2.45, 2.75) is 26.2 Å². The Morgan fingerprint density at radius 2 is 2.00 bits per heavy atom. The number of aliphatic hydroxyl groups excluding tert-OH is 1. The highest BCUT2D eigenvalue weighted by Gasteiger charge is 2.14. The van der Waals surface area contributed by atoms with E-state index in [9.17, 15) is 9.59 Å². The standard InChI is InChI=1S/C19H22N2O3/c1-13(2)15-5-3-14(4-6-15)11-20-21-19(24)17-9-7-16(8-10-17)18(23)12-22/h3,7-11,15,22H,1,4-6,12H2,2H3,(H,21,24)/b20-11+/t15-/m1/s1. The molecule has 2 N–H and O–H groups in total. The maximum Gasteiger partial charge on any atom is 0.271 e. The molecule has 1 amide bonds. The Kier molecular flexibility index (Phi) is 6.21. The van der Waals surface area contributed by atoms with E-state index in [1.54, 1.807) is 6.21 Å². The van der Waals surface area contributed by atoms with Crippen LogP contribution in [-0.2, 0) is 0 Å².